The molecule has 1 N–H and O–H groups in total. The molecular formula is C21H22N2O3. The lowest BCUT2D eigenvalue weighted by Gasteiger charge is -2.07. The first-order valence-corrected chi connectivity index (χ1v) is 8.68. The minimum atomic E-state index is -0.378. The molecule has 3 aromatic rings. The quantitative estimate of drug-likeness (QED) is 0.685. The van der Waals surface area contributed by atoms with E-state index in [2.05, 4.69) is 5.32 Å². The molecule has 0 spiro atoms. The standard InChI is InChI=1S/C21H22N2O3/c1-3-11-26-21(25)15-7-6-8-17(12-15)22-20(24)13-16-14-23(2)19-10-5-4-9-18(16)19/h4-10,12,14H,3,11,13H2,1-2H3,(H,22,24). The van der Waals surface area contributed by atoms with Crippen LogP contribution in [0.1, 0.15) is 29.3 Å². The van der Waals surface area contributed by atoms with Gasteiger partial charge in [-0.2, -0.15) is 0 Å². The predicted octanol–water partition coefficient (Wildman–Crippen LogP) is 3.93. The van der Waals surface area contributed by atoms with Crippen LogP contribution >= 0.6 is 0 Å². The van der Waals surface area contributed by atoms with E-state index >= 15 is 0 Å². The molecule has 0 aliphatic carbocycles. The summed E-state index contributed by atoms with van der Waals surface area (Å²) in [5.41, 5.74) is 3.08. The van der Waals surface area contributed by atoms with Crippen LogP contribution in [0.3, 0.4) is 0 Å². The number of anilines is 1. The second kappa shape index (κ2) is 7.87. The number of para-hydroxylation sites is 1. The highest BCUT2D eigenvalue weighted by Crippen LogP contribution is 2.21. The van der Waals surface area contributed by atoms with Gasteiger partial charge in [-0.3, -0.25) is 4.79 Å². The molecule has 0 radical (unpaired) electrons. The van der Waals surface area contributed by atoms with Crippen molar-refractivity contribution >= 4 is 28.5 Å². The van der Waals surface area contributed by atoms with Gasteiger partial charge in [0.15, 0.2) is 0 Å². The van der Waals surface area contributed by atoms with Crippen LogP contribution < -0.4 is 5.32 Å². The average Bonchev–Trinajstić information content (AvgIpc) is 2.96. The van der Waals surface area contributed by atoms with E-state index in [0.717, 1.165) is 22.9 Å². The number of nitrogens with one attached hydrogen (secondary N) is 1. The van der Waals surface area contributed by atoms with Crippen LogP contribution in [0, 0.1) is 0 Å². The van der Waals surface area contributed by atoms with Crippen LogP contribution in [0.25, 0.3) is 10.9 Å². The Labute approximate surface area is 152 Å². The Kier molecular flexibility index (Phi) is 5.37. The van der Waals surface area contributed by atoms with Crippen molar-refractivity contribution in [3.05, 3.63) is 65.9 Å². The fraction of sp³-hybridized carbons (Fsp3) is 0.238. The summed E-state index contributed by atoms with van der Waals surface area (Å²) in [4.78, 5) is 24.4. The molecule has 0 saturated carbocycles. The highest BCUT2D eigenvalue weighted by molar-refractivity contribution is 5.97. The third-order valence-corrected chi connectivity index (χ3v) is 4.15. The van der Waals surface area contributed by atoms with Crippen molar-refractivity contribution in [3.8, 4) is 0 Å². The molecule has 5 heteroatoms. The lowest BCUT2D eigenvalue weighted by atomic mass is 10.1. The van der Waals surface area contributed by atoms with Gasteiger partial charge in [0.2, 0.25) is 5.91 Å². The number of carbonyl (C=O) groups is 2. The maximum atomic E-state index is 12.5. The molecule has 134 valence electrons. The van der Waals surface area contributed by atoms with Gasteiger partial charge in [0.05, 0.1) is 18.6 Å². The molecule has 2 aromatic carbocycles. The minimum absolute atomic E-state index is 0.125. The lowest BCUT2D eigenvalue weighted by Crippen LogP contribution is -2.15. The van der Waals surface area contributed by atoms with Crippen LogP contribution in [0.5, 0.6) is 0 Å². The first kappa shape index (κ1) is 17.7. The van der Waals surface area contributed by atoms with Crippen molar-refractivity contribution in [1.82, 2.24) is 4.57 Å². The van der Waals surface area contributed by atoms with Crippen LogP contribution in [0.2, 0.25) is 0 Å². The second-order valence-corrected chi connectivity index (χ2v) is 6.22. The van der Waals surface area contributed by atoms with E-state index in [9.17, 15) is 9.59 Å². The summed E-state index contributed by atoms with van der Waals surface area (Å²) in [5, 5.41) is 3.93. The summed E-state index contributed by atoms with van der Waals surface area (Å²) in [6.45, 7) is 2.33. The fourth-order valence-electron chi connectivity index (χ4n) is 2.95. The Morgan fingerprint density at radius 1 is 1.12 bits per heavy atom. The third-order valence-electron chi connectivity index (χ3n) is 4.15. The summed E-state index contributed by atoms with van der Waals surface area (Å²) in [5.74, 6) is -0.502. The van der Waals surface area contributed by atoms with Gasteiger partial charge in [-0.1, -0.05) is 31.2 Å². The topological polar surface area (TPSA) is 60.3 Å². The zero-order valence-electron chi connectivity index (χ0n) is 15.0. The Morgan fingerprint density at radius 2 is 1.92 bits per heavy atom. The van der Waals surface area contributed by atoms with Crippen molar-refractivity contribution in [2.45, 2.75) is 19.8 Å². The van der Waals surface area contributed by atoms with Gasteiger partial charge in [-0.15, -0.1) is 0 Å². The van der Waals surface area contributed by atoms with Gasteiger partial charge < -0.3 is 14.6 Å². The van der Waals surface area contributed by atoms with E-state index < -0.39 is 0 Å². The number of aryl methyl sites for hydroxylation is 1. The summed E-state index contributed by atoms with van der Waals surface area (Å²) >= 11 is 0. The second-order valence-electron chi connectivity index (χ2n) is 6.22. The van der Waals surface area contributed by atoms with Crippen LogP contribution in [-0.2, 0) is 23.0 Å². The summed E-state index contributed by atoms with van der Waals surface area (Å²) in [7, 11) is 1.97. The first-order chi connectivity index (χ1) is 12.6. The predicted molar refractivity (Wildman–Crippen MR) is 102 cm³/mol. The molecule has 5 nitrogen and oxygen atoms in total. The molecule has 3 rings (SSSR count). The van der Waals surface area contributed by atoms with Crippen molar-refractivity contribution in [2.24, 2.45) is 7.05 Å². The molecule has 1 heterocycles. The van der Waals surface area contributed by atoms with Crippen molar-refractivity contribution in [1.29, 1.82) is 0 Å². The maximum Gasteiger partial charge on any atom is 0.338 e. The van der Waals surface area contributed by atoms with E-state index in [1.165, 1.54) is 0 Å². The largest absolute Gasteiger partial charge is 0.462 e. The molecule has 0 saturated heterocycles. The average molecular weight is 350 g/mol. The number of esters is 1. The number of fused-ring (bicyclic) bond motifs is 1. The van der Waals surface area contributed by atoms with E-state index in [1.54, 1.807) is 24.3 Å². The Balaban J connectivity index is 1.71. The van der Waals surface area contributed by atoms with Crippen molar-refractivity contribution < 1.29 is 14.3 Å². The molecule has 0 aliphatic rings. The number of benzene rings is 2. The number of hydrogen-bond donors (Lipinski definition) is 1. The number of nitrogens with zero attached hydrogens (tertiary/aromatic N) is 1. The first-order valence-electron chi connectivity index (χ1n) is 8.68. The Bertz CT molecular complexity index is 943. The molecule has 0 atom stereocenters. The molecule has 1 amide bonds. The van der Waals surface area contributed by atoms with Crippen LogP contribution in [0.4, 0.5) is 5.69 Å². The maximum absolute atomic E-state index is 12.5. The zero-order valence-corrected chi connectivity index (χ0v) is 15.0. The van der Waals surface area contributed by atoms with Gasteiger partial charge in [-0.25, -0.2) is 4.79 Å². The van der Waals surface area contributed by atoms with Gasteiger partial charge in [0, 0.05) is 29.8 Å². The molecule has 0 aliphatic heterocycles. The fourth-order valence-corrected chi connectivity index (χ4v) is 2.95. The number of carbonyl (C=O) groups excluding carboxylic acids is 2. The number of amides is 1. The monoisotopic (exact) mass is 350 g/mol. The van der Waals surface area contributed by atoms with E-state index in [-0.39, 0.29) is 18.3 Å². The minimum Gasteiger partial charge on any atom is -0.462 e. The van der Waals surface area contributed by atoms with Gasteiger partial charge >= 0.3 is 5.97 Å². The molecule has 0 bridgehead atoms. The van der Waals surface area contributed by atoms with Gasteiger partial charge in [-0.05, 0) is 36.2 Å². The summed E-state index contributed by atoms with van der Waals surface area (Å²) < 4.78 is 7.15. The van der Waals surface area contributed by atoms with Crippen molar-refractivity contribution in [3.63, 3.8) is 0 Å². The van der Waals surface area contributed by atoms with E-state index in [1.807, 2.05) is 49.0 Å². The smallest absolute Gasteiger partial charge is 0.338 e. The number of aromatic nitrogens is 1. The number of ether oxygens (including phenoxy) is 1. The van der Waals surface area contributed by atoms with Gasteiger partial charge in [0.25, 0.3) is 0 Å². The zero-order chi connectivity index (χ0) is 18.5. The molecule has 1 aromatic heterocycles. The molecule has 0 unspecified atom stereocenters. The van der Waals surface area contributed by atoms with Crippen molar-refractivity contribution in [2.75, 3.05) is 11.9 Å². The summed E-state index contributed by atoms with van der Waals surface area (Å²) in [6.07, 6.45) is 3.02. The van der Waals surface area contributed by atoms with Gasteiger partial charge in [0.1, 0.15) is 0 Å². The van der Waals surface area contributed by atoms with E-state index in [0.29, 0.717) is 17.9 Å². The summed E-state index contributed by atoms with van der Waals surface area (Å²) in [6, 6.07) is 14.8. The Hall–Kier alpha value is -3.08. The SMILES string of the molecule is CCCOC(=O)c1cccc(NC(=O)Cc2cn(C)c3ccccc23)c1. The third kappa shape index (κ3) is 3.94. The number of hydrogen-bond acceptors (Lipinski definition) is 3. The highest BCUT2D eigenvalue weighted by atomic mass is 16.5. The normalized spacial score (nSPS) is 10.7. The molecular weight excluding hydrogens is 328 g/mol. The lowest BCUT2D eigenvalue weighted by molar-refractivity contribution is -0.115. The molecule has 0 fully saturated rings. The van der Waals surface area contributed by atoms with Crippen LogP contribution in [0.15, 0.2) is 54.7 Å². The highest BCUT2D eigenvalue weighted by Gasteiger charge is 2.12. The number of rotatable bonds is 6. The van der Waals surface area contributed by atoms with E-state index in [4.69, 9.17) is 4.74 Å². The Morgan fingerprint density at radius 3 is 2.73 bits per heavy atom. The van der Waals surface area contributed by atoms with Crippen LogP contribution in [-0.4, -0.2) is 23.1 Å². The molecule has 26 heavy (non-hydrogen) atoms.